The molecule has 0 radical (unpaired) electrons. The number of hydrogen-bond acceptors (Lipinski definition) is 11. The lowest BCUT2D eigenvalue weighted by Gasteiger charge is -2.50. The molecule has 3 saturated heterocycles. The Morgan fingerprint density at radius 3 is 1.80 bits per heavy atom. The van der Waals surface area contributed by atoms with E-state index in [4.69, 9.17) is 23.7 Å². The van der Waals surface area contributed by atoms with Crippen molar-refractivity contribution in [1.29, 1.82) is 0 Å². The molecular formula is C37H53N5O7. The molecule has 0 spiro atoms. The summed E-state index contributed by atoms with van der Waals surface area (Å²) >= 11 is 0. The number of aromatic nitrogens is 3. The lowest BCUT2D eigenvalue weighted by molar-refractivity contribution is -0.159. The maximum atomic E-state index is 12.0. The van der Waals surface area contributed by atoms with Crippen molar-refractivity contribution < 1.29 is 33.3 Å². The Morgan fingerprint density at radius 1 is 0.796 bits per heavy atom. The van der Waals surface area contributed by atoms with Crippen LogP contribution in [0.1, 0.15) is 69.3 Å². The summed E-state index contributed by atoms with van der Waals surface area (Å²) in [5, 5.41) is 8.53. The third-order valence-corrected chi connectivity index (χ3v) is 9.44. The summed E-state index contributed by atoms with van der Waals surface area (Å²) in [6, 6.07) is 11.9. The number of Topliss-reactive ketones (excluding diaryl/α,β-unsaturated/α-hetero) is 2. The van der Waals surface area contributed by atoms with Crippen molar-refractivity contribution in [2.45, 2.75) is 71.6 Å². The Balaban J connectivity index is 0.000000210. The highest BCUT2D eigenvalue weighted by Gasteiger charge is 2.46. The Labute approximate surface area is 290 Å². The highest BCUT2D eigenvalue weighted by molar-refractivity contribution is 5.80. The van der Waals surface area contributed by atoms with Crippen molar-refractivity contribution in [1.82, 2.24) is 24.8 Å². The molecule has 3 aliphatic heterocycles. The van der Waals surface area contributed by atoms with Crippen LogP contribution in [0.2, 0.25) is 0 Å². The normalized spacial score (nSPS) is 20.6. The molecule has 2 unspecified atom stereocenters. The molecule has 268 valence electrons. The molecule has 4 heterocycles. The number of hydrogen-bond donors (Lipinski definition) is 0. The Bertz CT molecular complexity index is 1540. The van der Waals surface area contributed by atoms with E-state index < -0.39 is 0 Å². The number of ether oxygens (including phenoxy) is 5. The predicted molar refractivity (Wildman–Crippen MR) is 186 cm³/mol. The van der Waals surface area contributed by atoms with E-state index in [-0.39, 0.29) is 23.3 Å². The van der Waals surface area contributed by atoms with Gasteiger partial charge in [0.1, 0.15) is 40.3 Å². The first kappa shape index (κ1) is 37.8. The van der Waals surface area contributed by atoms with Crippen LogP contribution in [0, 0.1) is 5.41 Å². The number of carbonyl (C=O) groups excluding carboxylic acids is 2. The topological polar surface area (TPSA) is 117 Å². The molecule has 3 aliphatic rings. The summed E-state index contributed by atoms with van der Waals surface area (Å²) in [5.41, 5.74) is 3.09. The lowest BCUT2D eigenvalue weighted by Crippen LogP contribution is -2.59. The fourth-order valence-electron chi connectivity index (χ4n) is 6.63. The Hall–Kier alpha value is -4.00. The zero-order valence-electron chi connectivity index (χ0n) is 30.4. The van der Waals surface area contributed by atoms with E-state index in [0.717, 1.165) is 66.1 Å². The van der Waals surface area contributed by atoms with Crippen LogP contribution in [0.25, 0.3) is 0 Å². The van der Waals surface area contributed by atoms with Gasteiger partial charge in [-0.25, -0.2) is 0 Å². The van der Waals surface area contributed by atoms with Gasteiger partial charge >= 0.3 is 0 Å². The number of rotatable bonds is 10. The van der Waals surface area contributed by atoms with Gasteiger partial charge in [-0.1, -0.05) is 32.9 Å². The van der Waals surface area contributed by atoms with Crippen molar-refractivity contribution in [2.24, 2.45) is 12.5 Å². The van der Waals surface area contributed by atoms with Gasteiger partial charge in [-0.3, -0.25) is 19.4 Å². The number of benzene rings is 2. The number of carbonyl (C=O) groups is 2. The van der Waals surface area contributed by atoms with Crippen LogP contribution >= 0.6 is 0 Å². The first-order valence-electron chi connectivity index (χ1n) is 17.0. The number of methoxy groups -OCH3 is 4. The smallest absolute Gasteiger partial charge is 0.136 e. The SMILES string of the molecule is CC.COc1ccc(CN2CCC(=O)CC2C2(C)COC2)c(OC)c1.COc1ccc(CN2CCC(=O)CC2c2cnn(C)n2)c(OC)c1. The second-order valence-corrected chi connectivity index (χ2v) is 12.7. The van der Waals surface area contributed by atoms with E-state index in [1.807, 2.05) is 50.2 Å². The molecular weight excluding hydrogens is 626 g/mol. The molecule has 12 heteroatoms. The van der Waals surface area contributed by atoms with Crippen LogP contribution in [0.4, 0.5) is 0 Å². The van der Waals surface area contributed by atoms with Gasteiger partial charge in [-0.2, -0.15) is 15.0 Å². The quantitative estimate of drug-likeness (QED) is 0.287. The molecule has 1 aromatic heterocycles. The van der Waals surface area contributed by atoms with E-state index in [9.17, 15) is 9.59 Å². The third-order valence-electron chi connectivity index (χ3n) is 9.44. The number of nitrogens with zero attached hydrogens (tertiary/aromatic N) is 5. The van der Waals surface area contributed by atoms with Crippen LogP contribution in [0.5, 0.6) is 23.0 Å². The molecule has 12 nitrogen and oxygen atoms in total. The van der Waals surface area contributed by atoms with Crippen molar-refractivity contribution >= 4 is 11.6 Å². The van der Waals surface area contributed by atoms with Gasteiger partial charge < -0.3 is 23.7 Å². The maximum Gasteiger partial charge on any atom is 0.136 e. The molecule has 0 N–H and O–H groups in total. The summed E-state index contributed by atoms with van der Waals surface area (Å²) in [7, 11) is 8.40. The molecule has 3 aromatic rings. The summed E-state index contributed by atoms with van der Waals surface area (Å²) in [5.74, 6) is 3.79. The molecule has 0 aliphatic carbocycles. The van der Waals surface area contributed by atoms with Crippen LogP contribution in [0.3, 0.4) is 0 Å². The molecule has 0 saturated carbocycles. The standard InChI is InChI=1S/C18H25NO4.C17H22N4O3.C2H6/c1-18(11-23-12-18)17-8-14(20)6-7-19(17)10-13-4-5-15(21-2)9-16(13)22-3;1-20-18-10-15(19-20)16-8-13(22)6-7-21(16)11-12-4-5-14(23-2)9-17(12)24-3;1-2/h4-5,9,17H,6-8,10-12H2,1-3H3;4-5,9-10,16H,6-8,11H2,1-3H3;1-2H3. The fourth-order valence-corrected chi connectivity index (χ4v) is 6.63. The number of ketones is 2. The van der Waals surface area contributed by atoms with Gasteiger partial charge in [0.25, 0.3) is 0 Å². The summed E-state index contributed by atoms with van der Waals surface area (Å²) in [6.07, 6.45) is 4.03. The second-order valence-electron chi connectivity index (χ2n) is 12.7. The Kier molecular flexibility index (Phi) is 13.6. The zero-order valence-corrected chi connectivity index (χ0v) is 30.4. The molecule has 3 fully saturated rings. The van der Waals surface area contributed by atoms with E-state index in [0.29, 0.717) is 44.6 Å². The van der Waals surface area contributed by atoms with E-state index in [1.54, 1.807) is 41.7 Å². The number of likely N-dealkylation sites (tertiary alicyclic amines) is 2. The number of aryl methyl sites for hydroxylation is 1. The van der Waals surface area contributed by atoms with E-state index >= 15 is 0 Å². The van der Waals surface area contributed by atoms with Gasteiger partial charge in [-0.15, -0.1) is 0 Å². The Morgan fingerprint density at radius 2 is 1.33 bits per heavy atom. The van der Waals surface area contributed by atoms with Crippen LogP contribution < -0.4 is 18.9 Å². The maximum absolute atomic E-state index is 12.0. The molecule has 2 aromatic carbocycles. The highest BCUT2D eigenvalue weighted by atomic mass is 16.5. The summed E-state index contributed by atoms with van der Waals surface area (Å²) in [6.45, 7) is 10.7. The lowest BCUT2D eigenvalue weighted by atomic mass is 9.75. The van der Waals surface area contributed by atoms with Gasteiger partial charge in [0.05, 0.1) is 53.9 Å². The van der Waals surface area contributed by atoms with Gasteiger partial charge in [0, 0.05) is 93.6 Å². The third kappa shape index (κ3) is 9.37. The van der Waals surface area contributed by atoms with Crippen molar-refractivity contribution in [3.05, 3.63) is 59.4 Å². The van der Waals surface area contributed by atoms with Crippen molar-refractivity contribution in [3.8, 4) is 23.0 Å². The first-order chi connectivity index (χ1) is 23.7. The molecule has 0 amide bonds. The molecule has 49 heavy (non-hydrogen) atoms. The van der Waals surface area contributed by atoms with Crippen LogP contribution in [-0.4, -0.2) is 97.1 Å². The minimum absolute atomic E-state index is 0.0493. The number of piperidine rings is 2. The van der Waals surface area contributed by atoms with Crippen LogP contribution in [0.15, 0.2) is 42.6 Å². The largest absolute Gasteiger partial charge is 0.497 e. The van der Waals surface area contributed by atoms with E-state index in [1.165, 1.54) is 4.80 Å². The minimum atomic E-state index is -0.0493. The monoisotopic (exact) mass is 679 g/mol. The average Bonchev–Trinajstić information content (AvgIpc) is 3.56. The van der Waals surface area contributed by atoms with Crippen molar-refractivity contribution in [2.75, 3.05) is 54.7 Å². The van der Waals surface area contributed by atoms with Gasteiger partial charge in [0.2, 0.25) is 0 Å². The summed E-state index contributed by atoms with van der Waals surface area (Å²) < 4.78 is 26.9. The minimum Gasteiger partial charge on any atom is -0.497 e. The molecule has 2 atom stereocenters. The average molecular weight is 680 g/mol. The van der Waals surface area contributed by atoms with Crippen LogP contribution in [-0.2, 0) is 34.5 Å². The fraction of sp³-hybridized carbons (Fsp3) is 0.568. The van der Waals surface area contributed by atoms with Crippen molar-refractivity contribution in [3.63, 3.8) is 0 Å². The summed E-state index contributed by atoms with van der Waals surface area (Å²) in [4.78, 5) is 30.1. The van der Waals surface area contributed by atoms with E-state index in [2.05, 4.69) is 26.9 Å². The zero-order chi connectivity index (χ0) is 35.6. The molecule has 6 rings (SSSR count). The second kappa shape index (κ2) is 17.6. The predicted octanol–water partition coefficient (Wildman–Crippen LogP) is 5.04. The van der Waals surface area contributed by atoms with Gasteiger partial charge in [0.15, 0.2) is 0 Å². The first-order valence-corrected chi connectivity index (χ1v) is 17.0. The molecule has 0 bridgehead atoms. The highest BCUT2D eigenvalue weighted by Crippen LogP contribution is 2.39. The van der Waals surface area contributed by atoms with Gasteiger partial charge in [-0.05, 0) is 12.1 Å².